The Balaban J connectivity index is 3.18. The van der Waals surface area contributed by atoms with Gasteiger partial charge in [-0.1, -0.05) is 53.2 Å². The summed E-state index contributed by atoms with van der Waals surface area (Å²) in [5.74, 6) is 0. The molecular weight excluding hydrogens is 292 g/mol. The maximum absolute atomic E-state index is 11.7. The van der Waals surface area contributed by atoms with Crippen LogP contribution in [0, 0.1) is 0 Å². The lowest BCUT2D eigenvalue weighted by molar-refractivity contribution is 0.160. The summed E-state index contributed by atoms with van der Waals surface area (Å²) < 4.78 is 22.1. The Hall–Kier alpha value is -0.390. The van der Waals surface area contributed by atoms with E-state index in [1.165, 1.54) is 0 Å². The van der Waals surface area contributed by atoms with Crippen LogP contribution in [0.2, 0.25) is 0 Å². The van der Waals surface area contributed by atoms with Gasteiger partial charge in [0.15, 0.2) is 13.5 Å². The van der Waals surface area contributed by atoms with Gasteiger partial charge in [-0.3, -0.25) is 0 Å². The summed E-state index contributed by atoms with van der Waals surface area (Å²) in [5, 5.41) is 10.1. The molecule has 0 aliphatic carbocycles. The van der Waals surface area contributed by atoms with Crippen LogP contribution in [0.3, 0.4) is 0 Å². The summed E-state index contributed by atoms with van der Waals surface area (Å²) in [7, 11) is -3.40. The van der Waals surface area contributed by atoms with Gasteiger partial charge in [-0.25, -0.2) is 8.42 Å². The summed E-state index contributed by atoms with van der Waals surface area (Å²) in [6, 6.07) is 8.77. The number of rotatable bonds is 4. The maximum Gasteiger partial charge on any atom is 0.166 e. The van der Waals surface area contributed by atoms with Gasteiger partial charge < -0.3 is 5.11 Å². The molecule has 0 aromatic heterocycles. The second-order valence-corrected chi connectivity index (χ2v) is 7.94. The van der Waals surface area contributed by atoms with Crippen molar-refractivity contribution in [2.24, 2.45) is 0 Å². The Morgan fingerprint density at radius 3 is 2.25 bits per heavy atom. The fraction of sp³-hybridized carbons (Fsp3) is 0.455. The van der Waals surface area contributed by atoms with E-state index in [0.717, 1.165) is 6.26 Å². The molecule has 5 heteroatoms. The van der Waals surface area contributed by atoms with Crippen molar-refractivity contribution in [3.63, 3.8) is 0 Å². The van der Waals surface area contributed by atoms with Crippen molar-refractivity contribution in [3.8, 4) is 0 Å². The van der Waals surface area contributed by atoms with E-state index in [1.54, 1.807) is 31.2 Å². The highest BCUT2D eigenvalue weighted by Gasteiger charge is 2.44. The van der Waals surface area contributed by atoms with Crippen LogP contribution in [0.25, 0.3) is 0 Å². The van der Waals surface area contributed by atoms with Gasteiger partial charge in [-0.2, -0.15) is 0 Å². The first-order chi connectivity index (χ1) is 7.33. The lowest BCUT2D eigenvalue weighted by atomic mass is 10.1. The van der Waals surface area contributed by atoms with Gasteiger partial charge in [0, 0.05) is 6.26 Å². The Labute approximate surface area is 105 Å². The van der Waals surface area contributed by atoms with Crippen molar-refractivity contribution in [2.75, 3.05) is 6.26 Å². The fourth-order valence-electron chi connectivity index (χ4n) is 1.54. The molecule has 0 aliphatic heterocycles. The zero-order valence-corrected chi connectivity index (χ0v) is 11.6. The van der Waals surface area contributed by atoms with E-state index >= 15 is 0 Å². The van der Waals surface area contributed by atoms with Gasteiger partial charge in [0.1, 0.15) is 6.10 Å². The number of hydrogen-bond donors (Lipinski definition) is 1. The fourth-order valence-corrected chi connectivity index (χ4v) is 2.87. The van der Waals surface area contributed by atoms with Crippen LogP contribution in [0.15, 0.2) is 30.3 Å². The standard InChI is InChI=1S/C11H15BrO3S/c1-3-11(12,16(2,14)15)10(13)9-7-5-4-6-8-9/h4-8,10,13H,3H2,1-2H3/t10-,11+/m0/s1. The van der Waals surface area contributed by atoms with Crippen molar-refractivity contribution < 1.29 is 13.5 Å². The second kappa shape index (κ2) is 4.85. The average molecular weight is 307 g/mol. The first-order valence-corrected chi connectivity index (χ1v) is 7.63. The zero-order valence-electron chi connectivity index (χ0n) is 9.22. The highest BCUT2D eigenvalue weighted by molar-refractivity contribution is 9.11. The normalized spacial score (nSPS) is 17.8. The number of halogens is 1. The molecule has 3 nitrogen and oxygen atoms in total. The van der Waals surface area contributed by atoms with Gasteiger partial charge in [-0.05, 0) is 12.0 Å². The van der Waals surface area contributed by atoms with E-state index in [0.29, 0.717) is 12.0 Å². The quantitative estimate of drug-likeness (QED) is 0.868. The molecule has 90 valence electrons. The van der Waals surface area contributed by atoms with E-state index in [9.17, 15) is 13.5 Å². The number of alkyl halides is 1. The molecule has 0 aliphatic rings. The number of aliphatic hydroxyl groups is 1. The Bertz CT molecular complexity index is 444. The maximum atomic E-state index is 11.7. The zero-order chi connectivity index (χ0) is 12.4. The third kappa shape index (κ3) is 2.47. The van der Waals surface area contributed by atoms with Crippen LogP contribution in [0.5, 0.6) is 0 Å². The van der Waals surface area contributed by atoms with E-state index in [4.69, 9.17) is 0 Å². The average Bonchev–Trinajstić information content (AvgIpc) is 2.26. The largest absolute Gasteiger partial charge is 0.386 e. The number of benzene rings is 1. The monoisotopic (exact) mass is 306 g/mol. The van der Waals surface area contributed by atoms with Crippen LogP contribution in [-0.2, 0) is 9.84 Å². The smallest absolute Gasteiger partial charge is 0.166 e. The Kier molecular flexibility index (Phi) is 4.15. The molecule has 1 aromatic rings. The van der Waals surface area contributed by atoms with Crippen LogP contribution in [-0.4, -0.2) is 23.4 Å². The molecular formula is C11H15BrO3S. The molecule has 0 heterocycles. The lowest BCUT2D eigenvalue weighted by Crippen LogP contribution is -2.37. The minimum absolute atomic E-state index is 0.294. The van der Waals surface area contributed by atoms with Gasteiger partial charge in [0.05, 0.1) is 0 Å². The summed E-state index contributed by atoms with van der Waals surface area (Å²) in [4.78, 5) is 0. The van der Waals surface area contributed by atoms with Crippen molar-refractivity contribution in [2.45, 2.75) is 23.1 Å². The highest BCUT2D eigenvalue weighted by Crippen LogP contribution is 2.40. The third-order valence-electron chi connectivity index (χ3n) is 2.62. The Morgan fingerprint density at radius 1 is 1.38 bits per heavy atom. The third-order valence-corrected chi connectivity index (χ3v) is 7.13. The first kappa shape index (κ1) is 13.7. The molecule has 0 bridgehead atoms. The van der Waals surface area contributed by atoms with Crippen LogP contribution >= 0.6 is 15.9 Å². The summed E-state index contributed by atoms with van der Waals surface area (Å²) >= 11 is 3.17. The summed E-state index contributed by atoms with van der Waals surface area (Å²) in [6.07, 6.45) is 0.341. The van der Waals surface area contributed by atoms with Crippen molar-refractivity contribution in [3.05, 3.63) is 35.9 Å². The summed E-state index contributed by atoms with van der Waals surface area (Å²) in [5.41, 5.74) is 0.589. The predicted molar refractivity (Wildman–Crippen MR) is 68.2 cm³/mol. The van der Waals surface area contributed by atoms with Gasteiger partial charge >= 0.3 is 0 Å². The molecule has 16 heavy (non-hydrogen) atoms. The molecule has 1 N–H and O–H groups in total. The number of aliphatic hydroxyl groups excluding tert-OH is 1. The van der Waals surface area contributed by atoms with E-state index in [2.05, 4.69) is 15.9 Å². The molecule has 0 unspecified atom stereocenters. The molecule has 0 radical (unpaired) electrons. The molecule has 0 spiro atoms. The second-order valence-electron chi connectivity index (χ2n) is 3.73. The Morgan fingerprint density at radius 2 is 1.88 bits per heavy atom. The van der Waals surface area contributed by atoms with E-state index < -0.39 is 19.6 Å². The van der Waals surface area contributed by atoms with Crippen molar-refractivity contribution >= 4 is 25.8 Å². The summed E-state index contributed by atoms with van der Waals surface area (Å²) in [6.45, 7) is 1.72. The minimum Gasteiger partial charge on any atom is -0.386 e. The minimum atomic E-state index is -3.40. The molecule has 0 saturated carbocycles. The molecule has 1 aromatic carbocycles. The van der Waals surface area contributed by atoms with E-state index in [1.807, 2.05) is 6.07 Å². The van der Waals surface area contributed by atoms with Gasteiger partial charge in [-0.15, -0.1) is 0 Å². The van der Waals surface area contributed by atoms with Gasteiger partial charge in [0.25, 0.3) is 0 Å². The molecule has 0 amide bonds. The molecule has 1 rings (SSSR count). The number of sulfone groups is 1. The SMILES string of the molecule is CC[C@](Br)([C@@H](O)c1ccccc1)S(C)(=O)=O. The predicted octanol–water partition coefficient (Wildman–Crippen LogP) is 2.27. The van der Waals surface area contributed by atoms with Crippen LogP contribution in [0.1, 0.15) is 25.0 Å². The topological polar surface area (TPSA) is 54.4 Å². The molecule has 0 fully saturated rings. The lowest BCUT2D eigenvalue weighted by Gasteiger charge is -2.29. The number of hydrogen-bond acceptors (Lipinski definition) is 3. The first-order valence-electron chi connectivity index (χ1n) is 4.94. The highest BCUT2D eigenvalue weighted by atomic mass is 79.9. The van der Waals surface area contributed by atoms with Gasteiger partial charge in [0.2, 0.25) is 0 Å². The van der Waals surface area contributed by atoms with E-state index in [-0.39, 0.29) is 0 Å². The molecule has 2 atom stereocenters. The van der Waals surface area contributed by atoms with Crippen molar-refractivity contribution in [1.29, 1.82) is 0 Å². The van der Waals surface area contributed by atoms with Crippen LogP contribution in [0.4, 0.5) is 0 Å². The van der Waals surface area contributed by atoms with Crippen molar-refractivity contribution in [1.82, 2.24) is 0 Å². The van der Waals surface area contributed by atoms with Crippen LogP contribution < -0.4 is 0 Å². The molecule has 0 saturated heterocycles.